The molecule has 1 atom stereocenters. The molecule has 1 aliphatic rings. The molecule has 144 valence electrons. The number of carbonyl (C=O) groups excluding carboxylic acids is 1. The van der Waals surface area contributed by atoms with E-state index in [2.05, 4.69) is 22.2 Å². The van der Waals surface area contributed by atoms with E-state index in [0.717, 1.165) is 31.5 Å². The number of carbonyl (C=O) groups is 1. The van der Waals surface area contributed by atoms with Crippen LogP contribution < -0.4 is 14.8 Å². The Hall–Kier alpha value is -2.83. The molecular weight excluding hydrogens is 344 g/mol. The van der Waals surface area contributed by atoms with Gasteiger partial charge in [0.15, 0.2) is 11.5 Å². The number of ether oxygens (including phenoxy) is 2. The highest BCUT2D eigenvalue weighted by Gasteiger charge is 2.27. The number of hydrogen-bond acceptors (Lipinski definition) is 6. The highest BCUT2D eigenvalue weighted by Crippen LogP contribution is 2.30. The van der Waals surface area contributed by atoms with Crippen LogP contribution in [0, 0.1) is 0 Å². The number of amides is 1. The van der Waals surface area contributed by atoms with Crippen molar-refractivity contribution in [2.24, 2.45) is 0 Å². The molecule has 3 rings (SSSR count). The first kappa shape index (κ1) is 18.9. The molecule has 0 spiro atoms. The summed E-state index contributed by atoms with van der Waals surface area (Å²) in [5, 5.41) is 3.16. The van der Waals surface area contributed by atoms with Gasteiger partial charge in [-0.1, -0.05) is 6.92 Å². The maximum absolute atomic E-state index is 12.8. The normalized spacial score (nSPS) is 16.7. The fraction of sp³-hybridized carbons (Fsp3) is 0.450. The van der Waals surface area contributed by atoms with Crippen molar-refractivity contribution in [3.8, 4) is 11.5 Å². The van der Waals surface area contributed by atoms with Crippen LogP contribution in [0.5, 0.6) is 11.5 Å². The molecule has 2 heterocycles. The Bertz CT molecular complexity index is 779. The lowest BCUT2D eigenvalue weighted by molar-refractivity contribution is 0.0601. The van der Waals surface area contributed by atoms with Crippen LogP contribution in [0.1, 0.15) is 43.1 Å². The molecule has 1 aromatic carbocycles. The van der Waals surface area contributed by atoms with Gasteiger partial charge in [-0.2, -0.15) is 0 Å². The third-order valence-corrected chi connectivity index (χ3v) is 4.89. The first-order valence-electron chi connectivity index (χ1n) is 9.28. The zero-order valence-corrected chi connectivity index (χ0v) is 16.1. The molecule has 1 aliphatic heterocycles. The summed E-state index contributed by atoms with van der Waals surface area (Å²) in [7, 11) is 3.18. The molecule has 0 saturated carbocycles. The van der Waals surface area contributed by atoms with E-state index in [4.69, 9.17) is 9.47 Å². The third-order valence-electron chi connectivity index (χ3n) is 4.89. The number of methoxy groups -OCH3 is 2. The third kappa shape index (κ3) is 4.30. The fourth-order valence-corrected chi connectivity index (χ4v) is 3.40. The molecule has 0 aliphatic carbocycles. The first-order chi connectivity index (χ1) is 13.2. The molecule has 1 aromatic heterocycles. The Morgan fingerprint density at radius 1 is 1.19 bits per heavy atom. The minimum Gasteiger partial charge on any atom is -0.493 e. The number of nitrogens with one attached hydrogen (secondary N) is 1. The number of aromatic nitrogens is 2. The average Bonchev–Trinajstić information content (AvgIpc) is 2.73. The van der Waals surface area contributed by atoms with Gasteiger partial charge in [0.2, 0.25) is 0 Å². The number of benzene rings is 1. The minimum absolute atomic E-state index is 0.0354. The summed E-state index contributed by atoms with van der Waals surface area (Å²) in [4.78, 5) is 23.4. The summed E-state index contributed by atoms with van der Waals surface area (Å²) < 4.78 is 10.5. The number of piperidine rings is 1. The molecule has 1 saturated heterocycles. The quantitative estimate of drug-likeness (QED) is 0.836. The van der Waals surface area contributed by atoms with Crippen molar-refractivity contribution >= 4 is 17.4 Å². The second kappa shape index (κ2) is 8.70. The molecule has 0 bridgehead atoms. The highest BCUT2D eigenvalue weighted by molar-refractivity contribution is 5.92. The van der Waals surface area contributed by atoms with Crippen molar-refractivity contribution in [3.63, 3.8) is 0 Å². The lowest BCUT2D eigenvalue weighted by atomic mass is 10.00. The zero-order valence-electron chi connectivity index (χ0n) is 16.1. The van der Waals surface area contributed by atoms with Gasteiger partial charge >= 0.3 is 0 Å². The predicted octanol–water partition coefficient (Wildman–Crippen LogP) is 3.64. The van der Waals surface area contributed by atoms with E-state index in [9.17, 15) is 4.79 Å². The topological polar surface area (TPSA) is 76.6 Å². The number of likely N-dealkylation sites (tertiary alicyclic amines) is 1. The average molecular weight is 370 g/mol. The van der Waals surface area contributed by atoms with E-state index in [0.29, 0.717) is 29.1 Å². The largest absolute Gasteiger partial charge is 0.493 e. The summed E-state index contributed by atoms with van der Waals surface area (Å²) >= 11 is 0. The van der Waals surface area contributed by atoms with E-state index >= 15 is 0 Å². The summed E-state index contributed by atoms with van der Waals surface area (Å²) in [5.74, 6) is 1.80. The molecule has 27 heavy (non-hydrogen) atoms. The molecular formula is C20H26N4O3. The maximum Gasteiger partial charge on any atom is 0.274 e. The Morgan fingerprint density at radius 3 is 2.67 bits per heavy atom. The molecule has 0 radical (unpaired) electrons. The Kier molecular flexibility index (Phi) is 6.11. The number of nitrogens with zero attached hydrogens (tertiary/aromatic N) is 3. The monoisotopic (exact) mass is 370 g/mol. The fourth-order valence-electron chi connectivity index (χ4n) is 3.40. The van der Waals surface area contributed by atoms with Crippen LogP contribution in [0.25, 0.3) is 0 Å². The molecule has 1 N–H and O–H groups in total. The predicted molar refractivity (Wildman–Crippen MR) is 104 cm³/mol. The summed E-state index contributed by atoms with van der Waals surface area (Å²) in [6, 6.07) is 5.80. The molecule has 7 heteroatoms. The number of hydrogen-bond donors (Lipinski definition) is 1. The van der Waals surface area contributed by atoms with Gasteiger partial charge in [-0.3, -0.25) is 4.79 Å². The van der Waals surface area contributed by atoms with Crippen molar-refractivity contribution in [2.75, 3.05) is 26.1 Å². The van der Waals surface area contributed by atoms with Crippen LogP contribution in [-0.4, -0.2) is 47.6 Å². The van der Waals surface area contributed by atoms with E-state index in [1.54, 1.807) is 20.4 Å². The van der Waals surface area contributed by atoms with Crippen LogP contribution in [0.15, 0.2) is 30.6 Å². The lowest BCUT2D eigenvalue weighted by Crippen LogP contribution is -2.43. The molecule has 2 aromatic rings. The van der Waals surface area contributed by atoms with E-state index in [1.165, 1.54) is 12.6 Å². The molecule has 7 nitrogen and oxygen atoms in total. The van der Waals surface area contributed by atoms with Crippen LogP contribution in [0.4, 0.5) is 11.5 Å². The van der Waals surface area contributed by atoms with E-state index in [-0.39, 0.29) is 5.91 Å². The van der Waals surface area contributed by atoms with Crippen molar-refractivity contribution in [2.45, 2.75) is 38.6 Å². The van der Waals surface area contributed by atoms with Crippen molar-refractivity contribution in [1.82, 2.24) is 14.9 Å². The van der Waals surface area contributed by atoms with Crippen LogP contribution >= 0.6 is 0 Å². The van der Waals surface area contributed by atoms with Gasteiger partial charge in [0, 0.05) is 24.3 Å². The summed E-state index contributed by atoms with van der Waals surface area (Å²) in [6.45, 7) is 2.92. The highest BCUT2D eigenvalue weighted by atomic mass is 16.5. The van der Waals surface area contributed by atoms with Gasteiger partial charge in [0.1, 0.15) is 11.5 Å². The summed E-state index contributed by atoms with van der Waals surface area (Å²) in [6.07, 6.45) is 7.38. The first-order valence-corrected chi connectivity index (χ1v) is 9.28. The van der Waals surface area contributed by atoms with Gasteiger partial charge in [0.25, 0.3) is 5.91 Å². The van der Waals surface area contributed by atoms with Gasteiger partial charge in [-0.15, -0.1) is 0 Å². The van der Waals surface area contributed by atoms with Gasteiger partial charge in [0.05, 0.1) is 26.6 Å². The second-order valence-electron chi connectivity index (χ2n) is 6.54. The number of anilines is 2. The molecule has 1 amide bonds. The summed E-state index contributed by atoms with van der Waals surface area (Å²) in [5.41, 5.74) is 1.18. The van der Waals surface area contributed by atoms with Crippen LogP contribution in [-0.2, 0) is 0 Å². The standard InChI is InChI=1S/C20H26N4O3/c1-4-15-7-5-6-10-24(15)20(25)16-12-22-19(13-21-16)23-14-8-9-17(26-2)18(11-14)27-3/h8-9,11-13,15H,4-7,10H2,1-3H3,(H,22,23). The molecule has 1 fully saturated rings. The Balaban J connectivity index is 1.71. The smallest absolute Gasteiger partial charge is 0.274 e. The minimum atomic E-state index is -0.0354. The van der Waals surface area contributed by atoms with Crippen LogP contribution in [0.2, 0.25) is 0 Å². The zero-order chi connectivity index (χ0) is 19.2. The van der Waals surface area contributed by atoms with Gasteiger partial charge in [-0.05, 0) is 37.8 Å². The Labute approximate surface area is 159 Å². The number of rotatable bonds is 6. The molecule has 1 unspecified atom stereocenters. The van der Waals surface area contributed by atoms with E-state index < -0.39 is 0 Å². The lowest BCUT2D eigenvalue weighted by Gasteiger charge is -2.34. The van der Waals surface area contributed by atoms with Crippen molar-refractivity contribution in [1.29, 1.82) is 0 Å². The SMILES string of the molecule is CCC1CCCCN1C(=O)c1cnc(Nc2ccc(OC)c(OC)c2)cn1. The Morgan fingerprint density at radius 2 is 2.00 bits per heavy atom. The second-order valence-corrected chi connectivity index (χ2v) is 6.54. The van der Waals surface area contributed by atoms with Gasteiger partial charge < -0.3 is 19.7 Å². The van der Waals surface area contributed by atoms with Crippen molar-refractivity contribution in [3.05, 3.63) is 36.3 Å². The van der Waals surface area contributed by atoms with Crippen molar-refractivity contribution < 1.29 is 14.3 Å². The maximum atomic E-state index is 12.8. The van der Waals surface area contributed by atoms with Crippen LogP contribution in [0.3, 0.4) is 0 Å². The van der Waals surface area contributed by atoms with Gasteiger partial charge in [-0.25, -0.2) is 9.97 Å². The van der Waals surface area contributed by atoms with E-state index in [1.807, 2.05) is 23.1 Å².